The van der Waals surface area contributed by atoms with Crippen LogP contribution in [0.5, 0.6) is 0 Å². The lowest BCUT2D eigenvalue weighted by molar-refractivity contribution is -0.159. The highest BCUT2D eigenvalue weighted by molar-refractivity contribution is 7.54. The third-order valence-electron chi connectivity index (χ3n) is 4.08. The molecule has 2 amide bonds. The van der Waals surface area contributed by atoms with Crippen LogP contribution in [0.1, 0.15) is 61.3 Å². The van der Waals surface area contributed by atoms with E-state index in [0.29, 0.717) is 6.29 Å². The van der Waals surface area contributed by atoms with E-state index in [1.807, 2.05) is 0 Å². The minimum absolute atomic E-state index is 0.00436. The van der Waals surface area contributed by atoms with E-state index < -0.39 is 74.0 Å². The lowest BCUT2D eigenvalue weighted by Crippen LogP contribution is -2.42. The summed E-state index contributed by atoms with van der Waals surface area (Å²) < 4.78 is 38.7. The van der Waals surface area contributed by atoms with Gasteiger partial charge in [-0.2, -0.15) is 0 Å². The first-order valence-corrected chi connectivity index (χ1v) is 13.1. The second kappa shape index (κ2) is 14.9. The fraction of sp³-hybridized carbons (Fsp3) is 0.773. The average Bonchev–Trinajstić information content (AvgIpc) is 2.68. The molecule has 0 aromatic rings. The molecule has 0 saturated heterocycles. The number of hydrogen-bond donors (Lipinski definition) is 2. The summed E-state index contributed by atoms with van der Waals surface area (Å²) in [6.45, 7) is 10.9. The van der Waals surface area contributed by atoms with Crippen molar-refractivity contribution in [3.8, 4) is 0 Å². The third-order valence-corrected chi connectivity index (χ3v) is 6.09. The molecule has 0 aliphatic heterocycles. The lowest BCUT2D eigenvalue weighted by Gasteiger charge is -2.30. The van der Waals surface area contributed by atoms with Crippen molar-refractivity contribution in [3.05, 3.63) is 0 Å². The molecule has 0 aromatic carbocycles. The normalized spacial score (nSPS) is 15.0. The predicted molar refractivity (Wildman–Crippen MR) is 128 cm³/mol. The van der Waals surface area contributed by atoms with Crippen LogP contribution in [-0.4, -0.2) is 80.0 Å². The van der Waals surface area contributed by atoms with Crippen molar-refractivity contribution in [2.75, 3.05) is 26.4 Å². The van der Waals surface area contributed by atoms with E-state index in [1.165, 1.54) is 0 Å². The number of alkyl carbamates (subject to hydrolysis) is 1. The van der Waals surface area contributed by atoms with E-state index in [2.05, 4.69) is 15.4 Å². The molecule has 0 heterocycles. The third kappa shape index (κ3) is 15.5. The van der Waals surface area contributed by atoms with E-state index in [4.69, 9.17) is 18.5 Å². The maximum Gasteiger partial charge on any atom is 0.408 e. The summed E-state index contributed by atoms with van der Waals surface area (Å²) in [6.07, 6.45) is -2.23. The van der Waals surface area contributed by atoms with Gasteiger partial charge in [0.1, 0.15) is 30.2 Å². The van der Waals surface area contributed by atoms with Gasteiger partial charge in [0.2, 0.25) is 5.91 Å². The maximum absolute atomic E-state index is 13.0. The first-order valence-electron chi connectivity index (χ1n) is 11.4. The summed E-state index contributed by atoms with van der Waals surface area (Å²) in [4.78, 5) is 58.7. The van der Waals surface area contributed by atoms with E-state index in [0.717, 1.165) is 7.11 Å². The smallest absolute Gasteiger partial charge is 0.408 e. The molecular weight excluding hydrogens is 499 g/mol. The quantitative estimate of drug-likeness (QED) is 0.135. The summed E-state index contributed by atoms with van der Waals surface area (Å²) in [5.41, 5.74) is -1.90. The summed E-state index contributed by atoms with van der Waals surface area (Å²) in [6, 6.07) is -1.15. The van der Waals surface area contributed by atoms with E-state index in [9.17, 15) is 28.5 Å². The van der Waals surface area contributed by atoms with Gasteiger partial charge in [-0.3, -0.25) is 18.9 Å². The Balaban J connectivity index is 4.96. The molecule has 208 valence electrons. The molecule has 0 bridgehead atoms. The predicted octanol–water partition coefficient (Wildman–Crippen LogP) is 2.10. The van der Waals surface area contributed by atoms with Crippen LogP contribution < -0.4 is 10.6 Å². The summed E-state index contributed by atoms with van der Waals surface area (Å²) in [5, 5.41) is 4.55. The molecule has 14 heteroatoms. The summed E-state index contributed by atoms with van der Waals surface area (Å²) >= 11 is 0. The van der Waals surface area contributed by atoms with Crippen LogP contribution in [0.4, 0.5) is 4.79 Å². The van der Waals surface area contributed by atoms with Gasteiger partial charge >= 0.3 is 25.6 Å². The van der Waals surface area contributed by atoms with Gasteiger partial charge in [-0.25, -0.2) is 4.79 Å². The number of aldehydes is 1. The molecule has 0 aliphatic carbocycles. The Morgan fingerprint density at radius 1 is 1.03 bits per heavy atom. The molecule has 2 unspecified atom stereocenters. The van der Waals surface area contributed by atoms with Crippen LogP contribution >= 0.6 is 7.60 Å². The molecule has 2 N–H and O–H groups in total. The monoisotopic (exact) mass is 538 g/mol. The van der Waals surface area contributed by atoms with Gasteiger partial charge in [0.25, 0.3) is 0 Å². The van der Waals surface area contributed by atoms with Gasteiger partial charge in [0.15, 0.2) is 0 Å². The number of methoxy groups -OCH3 is 1. The topological polar surface area (TPSA) is 173 Å². The number of amides is 2. The second-order valence-corrected chi connectivity index (χ2v) is 11.5. The van der Waals surface area contributed by atoms with Crippen LogP contribution in [-0.2, 0) is 47.0 Å². The van der Waals surface area contributed by atoms with Crippen LogP contribution in [0.15, 0.2) is 0 Å². The molecule has 36 heavy (non-hydrogen) atoms. The molecule has 13 nitrogen and oxygen atoms in total. The van der Waals surface area contributed by atoms with Crippen molar-refractivity contribution in [2.45, 2.75) is 84.7 Å². The van der Waals surface area contributed by atoms with Gasteiger partial charge in [-0.05, 0) is 48.5 Å². The maximum atomic E-state index is 13.0. The van der Waals surface area contributed by atoms with Crippen LogP contribution in [0.3, 0.4) is 0 Å². The van der Waals surface area contributed by atoms with Gasteiger partial charge < -0.3 is 38.7 Å². The van der Waals surface area contributed by atoms with Gasteiger partial charge in [0.05, 0.1) is 32.3 Å². The number of carbonyl (C=O) groups excluding carboxylic acids is 5. The highest BCUT2D eigenvalue weighted by Gasteiger charge is 2.34. The number of hydrogen-bond acceptors (Lipinski definition) is 11. The van der Waals surface area contributed by atoms with Crippen LogP contribution in [0, 0.1) is 0 Å². The number of carbonyl (C=O) groups is 5. The SMILES string of the molecule is CCOP(=O)(CC(=O)NCC(=O)OC)OC(C)CC(C)(C)OC(=O)C[C@@H](C=O)NC(=O)OC(C)(C)C. The Morgan fingerprint density at radius 2 is 1.64 bits per heavy atom. The number of ether oxygens (including phenoxy) is 3. The number of nitrogens with one attached hydrogen (secondary N) is 2. The summed E-state index contributed by atoms with van der Waals surface area (Å²) in [5.74, 6) is -2.17. The Kier molecular flexibility index (Phi) is 13.9. The van der Waals surface area contributed by atoms with Crippen molar-refractivity contribution < 1.29 is 51.8 Å². The standard InChI is InChI=1S/C22H39N2O11P/c1-9-32-36(30,14-17(26)23-12-19(28)31-8)35-15(2)11-22(6,7)33-18(27)10-16(13-25)24-20(29)34-21(3,4)5/h13,15-16H,9-12,14H2,1-8H3,(H,23,26)(H,24,29)/t15?,16-,36?/m0/s1. The van der Waals surface area contributed by atoms with E-state index in [1.54, 1.807) is 48.5 Å². The van der Waals surface area contributed by atoms with Crippen molar-refractivity contribution in [1.82, 2.24) is 10.6 Å². The molecule has 0 saturated carbocycles. The fourth-order valence-corrected chi connectivity index (χ4v) is 4.66. The van der Waals surface area contributed by atoms with Crippen molar-refractivity contribution in [3.63, 3.8) is 0 Å². The molecule has 0 aliphatic rings. The number of rotatable bonds is 15. The molecule has 0 rings (SSSR count). The van der Waals surface area contributed by atoms with Crippen LogP contribution in [0.25, 0.3) is 0 Å². The van der Waals surface area contributed by atoms with E-state index >= 15 is 0 Å². The zero-order valence-corrected chi connectivity index (χ0v) is 23.1. The lowest BCUT2D eigenvalue weighted by atomic mass is 10.0. The molecular formula is C22H39N2O11P. The number of esters is 2. The first kappa shape index (κ1) is 33.5. The Morgan fingerprint density at radius 3 is 2.14 bits per heavy atom. The van der Waals surface area contributed by atoms with E-state index in [-0.39, 0.29) is 13.0 Å². The van der Waals surface area contributed by atoms with Gasteiger partial charge in [-0.15, -0.1) is 0 Å². The molecule has 0 fully saturated rings. The zero-order valence-electron chi connectivity index (χ0n) is 22.2. The minimum Gasteiger partial charge on any atom is -0.468 e. The highest BCUT2D eigenvalue weighted by atomic mass is 31.2. The largest absolute Gasteiger partial charge is 0.468 e. The molecule has 0 radical (unpaired) electrons. The fourth-order valence-electron chi connectivity index (χ4n) is 2.95. The Bertz CT molecular complexity index is 823. The second-order valence-electron chi connectivity index (χ2n) is 9.49. The summed E-state index contributed by atoms with van der Waals surface area (Å²) in [7, 11) is -2.73. The van der Waals surface area contributed by atoms with Crippen molar-refractivity contribution in [2.24, 2.45) is 0 Å². The van der Waals surface area contributed by atoms with Gasteiger partial charge in [0, 0.05) is 6.42 Å². The van der Waals surface area contributed by atoms with Crippen LogP contribution in [0.2, 0.25) is 0 Å². The molecule has 0 spiro atoms. The molecule has 0 aromatic heterocycles. The minimum atomic E-state index is -3.89. The molecule has 3 atom stereocenters. The first-order chi connectivity index (χ1) is 16.4. The average molecular weight is 539 g/mol. The zero-order chi connectivity index (χ0) is 28.2. The Hall–Kier alpha value is -2.50. The highest BCUT2D eigenvalue weighted by Crippen LogP contribution is 2.49. The van der Waals surface area contributed by atoms with Crippen molar-refractivity contribution in [1.29, 1.82) is 0 Å². The van der Waals surface area contributed by atoms with Gasteiger partial charge in [-0.1, -0.05) is 0 Å². The van der Waals surface area contributed by atoms with Crippen molar-refractivity contribution >= 4 is 37.8 Å². The Labute approximate surface area is 211 Å².